The maximum absolute atomic E-state index is 13.1. The molecule has 2 unspecified atom stereocenters. The summed E-state index contributed by atoms with van der Waals surface area (Å²) >= 11 is 7.99. The molecule has 1 aliphatic heterocycles. The summed E-state index contributed by atoms with van der Waals surface area (Å²) in [5, 5.41) is 20.4. The molecule has 2 aromatic carbocycles. The first-order valence-electron chi connectivity index (χ1n) is 8.99. The fraction of sp³-hybridized carbons (Fsp3) is 0.429. The van der Waals surface area contributed by atoms with E-state index in [4.69, 9.17) is 16.3 Å². The molecule has 2 N–H and O–H groups in total. The van der Waals surface area contributed by atoms with E-state index in [1.165, 1.54) is 12.1 Å². The van der Waals surface area contributed by atoms with Crippen LogP contribution < -0.4 is 0 Å². The van der Waals surface area contributed by atoms with Gasteiger partial charge in [0.2, 0.25) is 0 Å². The number of hydrogen-bond acceptors (Lipinski definition) is 4. The van der Waals surface area contributed by atoms with Crippen molar-refractivity contribution in [3.63, 3.8) is 0 Å². The van der Waals surface area contributed by atoms with Gasteiger partial charge in [0.1, 0.15) is 5.82 Å². The predicted molar refractivity (Wildman–Crippen MR) is 108 cm³/mol. The molecule has 3 rings (SSSR count). The minimum absolute atomic E-state index is 0.0279. The Hall–Kier alpha value is -1.11. The summed E-state index contributed by atoms with van der Waals surface area (Å²) in [7, 11) is 0. The van der Waals surface area contributed by atoms with Crippen molar-refractivity contribution >= 4 is 23.4 Å². The Bertz CT molecular complexity index is 765. The Morgan fingerprint density at radius 3 is 2.70 bits per heavy atom. The second-order valence-corrected chi connectivity index (χ2v) is 8.46. The maximum atomic E-state index is 13.1. The topological polar surface area (TPSA) is 49.7 Å². The fourth-order valence-electron chi connectivity index (χ4n) is 3.43. The highest BCUT2D eigenvalue weighted by atomic mass is 35.5. The predicted octanol–water partition coefficient (Wildman–Crippen LogP) is 4.51. The molecule has 3 atom stereocenters. The van der Waals surface area contributed by atoms with Gasteiger partial charge in [0.15, 0.2) is 0 Å². The van der Waals surface area contributed by atoms with E-state index < -0.39 is 6.10 Å². The van der Waals surface area contributed by atoms with Crippen molar-refractivity contribution in [3.8, 4) is 0 Å². The summed E-state index contributed by atoms with van der Waals surface area (Å²) < 4.78 is 19.0. The molecule has 0 saturated heterocycles. The molecule has 3 nitrogen and oxygen atoms in total. The third-order valence-corrected chi connectivity index (χ3v) is 6.32. The fourth-order valence-corrected chi connectivity index (χ4v) is 4.24. The molecule has 1 aliphatic rings. The number of ether oxygens (including phenoxy) is 1. The zero-order chi connectivity index (χ0) is 19.4. The lowest BCUT2D eigenvalue weighted by Crippen LogP contribution is -2.20. The number of aliphatic hydroxyl groups excluding tert-OH is 2. The van der Waals surface area contributed by atoms with E-state index in [0.717, 1.165) is 22.3 Å². The smallest absolute Gasteiger partial charge is 0.123 e. The van der Waals surface area contributed by atoms with E-state index in [1.54, 1.807) is 23.9 Å². The van der Waals surface area contributed by atoms with Crippen molar-refractivity contribution in [2.75, 3.05) is 12.9 Å². The van der Waals surface area contributed by atoms with Crippen LogP contribution in [0.1, 0.15) is 41.2 Å². The summed E-state index contributed by atoms with van der Waals surface area (Å²) in [6.45, 7) is 0.535. The quantitative estimate of drug-likeness (QED) is 0.672. The van der Waals surface area contributed by atoms with Gasteiger partial charge >= 0.3 is 0 Å². The van der Waals surface area contributed by atoms with Crippen LogP contribution in [0.5, 0.6) is 0 Å². The van der Waals surface area contributed by atoms with Crippen LogP contribution in [-0.4, -0.2) is 34.4 Å². The molecular formula is C21H24ClFO3S. The van der Waals surface area contributed by atoms with E-state index in [2.05, 4.69) is 0 Å². The van der Waals surface area contributed by atoms with Gasteiger partial charge < -0.3 is 14.9 Å². The van der Waals surface area contributed by atoms with Crippen LogP contribution in [0.3, 0.4) is 0 Å². The Labute approximate surface area is 168 Å². The van der Waals surface area contributed by atoms with Crippen molar-refractivity contribution < 1.29 is 19.3 Å². The summed E-state index contributed by atoms with van der Waals surface area (Å²) in [4.78, 5) is 0. The van der Waals surface area contributed by atoms with Crippen LogP contribution in [0, 0.1) is 5.82 Å². The highest BCUT2D eigenvalue weighted by molar-refractivity contribution is 7.99. The minimum atomic E-state index is -0.540. The molecule has 0 aromatic heterocycles. The molecule has 0 saturated carbocycles. The van der Waals surface area contributed by atoms with Gasteiger partial charge in [0.05, 0.1) is 25.4 Å². The van der Waals surface area contributed by atoms with E-state index in [0.29, 0.717) is 30.9 Å². The molecule has 6 heteroatoms. The highest BCUT2D eigenvalue weighted by Gasteiger charge is 2.28. The van der Waals surface area contributed by atoms with Crippen molar-refractivity contribution in [1.29, 1.82) is 0 Å². The first-order valence-corrected chi connectivity index (χ1v) is 10.7. The lowest BCUT2D eigenvalue weighted by atomic mass is 9.95. The van der Waals surface area contributed by atoms with E-state index in [9.17, 15) is 14.6 Å². The third kappa shape index (κ3) is 5.24. The van der Waals surface area contributed by atoms with Crippen molar-refractivity contribution in [2.24, 2.45) is 0 Å². The van der Waals surface area contributed by atoms with Crippen LogP contribution in [0.25, 0.3) is 0 Å². The molecule has 146 valence electrons. The van der Waals surface area contributed by atoms with Crippen LogP contribution in [0.4, 0.5) is 4.39 Å². The minimum Gasteiger partial charge on any atom is -0.395 e. The molecule has 0 radical (unpaired) electrons. The van der Waals surface area contributed by atoms with Crippen molar-refractivity contribution in [2.45, 2.75) is 43.3 Å². The monoisotopic (exact) mass is 410 g/mol. The second-order valence-electron chi connectivity index (χ2n) is 6.91. The molecule has 0 spiro atoms. The van der Waals surface area contributed by atoms with E-state index >= 15 is 0 Å². The van der Waals surface area contributed by atoms with Gasteiger partial charge in [-0.3, -0.25) is 0 Å². The number of aliphatic hydroxyl groups is 2. The summed E-state index contributed by atoms with van der Waals surface area (Å²) in [6, 6.07) is 10.4. The summed E-state index contributed by atoms with van der Waals surface area (Å²) in [5.74, 6) is -0.257. The van der Waals surface area contributed by atoms with Crippen LogP contribution in [0.2, 0.25) is 5.02 Å². The maximum Gasteiger partial charge on any atom is 0.123 e. The van der Waals surface area contributed by atoms with Gasteiger partial charge in [-0.25, -0.2) is 4.39 Å². The zero-order valence-corrected chi connectivity index (χ0v) is 16.8. The number of thioether (sulfide) groups is 1. The second kappa shape index (κ2) is 9.39. The Morgan fingerprint density at radius 2 is 2.04 bits per heavy atom. The van der Waals surface area contributed by atoms with Crippen molar-refractivity contribution in [1.82, 2.24) is 0 Å². The third-order valence-electron chi connectivity index (χ3n) is 4.96. The molecule has 0 aliphatic carbocycles. The Kier molecular flexibility index (Phi) is 7.17. The Morgan fingerprint density at radius 1 is 1.30 bits per heavy atom. The van der Waals surface area contributed by atoms with Gasteiger partial charge in [0, 0.05) is 16.7 Å². The van der Waals surface area contributed by atoms with Gasteiger partial charge in [-0.2, -0.15) is 11.8 Å². The van der Waals surface area contributed by atoms with Crippen LogP contribution in [0.15, 0.2) is 36.4 Å². The van der Waals surface area contributed by atoms with E-state index in [-0.39, 0.29) is 23.8 Å². The van der Waals surface area contributed by atoms with Crippen molar-refractivity contribution in [3.05, 3.63) is 69.5 Å². The average Bonchev–Trinajstić information content (AvgIpc) is 3.03. The Balaban J connectivity index is 1.74. The van der Waals surface area contributed by atoms with Gasteiger partial charge in [-0.1, -0.05) is 29.8 Å². The molecule has 2 aromatic rings. The van der Waals surface area contributed by atoms with E-state index in [1.807, 2.05) is 18.4 Å². The summed E-state index contributed by atoms with van der Waals surface area (Å²) in [5.41, 5.74) is 4.05. The largest absolute Gasteiger partial charge is 0.395 e. The number of rotatable bonds is 8. The first-order chi connectivity index (χ1) is 13.0. The molecule has 0 amide bonds. The van der Waals surface area contributed by atoms with Crippen LogP contribution >= 0.6 is 23.4 Å². The lowest BCUT2D eigenvalue weighted by Gasteiger charge is -2.20. The number of fused-ring (bicyclic) bond motifs is 1. The van der Waals surface area contributed by atoms with Gasteiger partial charge in [-0.05, 0) is 59.6 Å². The van der Waals surface area contributed by atoms with Gasteiger partial charge in [0.25, 0.3) is 0 Å². The lowest BCUT2D eigenvalue weighted by molar-refractivity contribution is 0.0194. The van der Waals surface area contributed by atoms with Crippen LogP contribution in [-0.2, 0) is 17.8 Å². The SMILES string of the molecule is CSC(CO)CC(O)C[C@@H]1OCc2cc(Cl)c(Cc3ccc(F)cc3)cc21. The number of benzene rings is 2. The highest BCUT2D eigenvalue weighted by Crippen LogP contribution is 2.38. The molecule has 0 fully saturated rings. The first kappa shape index (κ1) is 20.6. The zero-order valence-electron chi connectivity index (χ0n) is 15.2. The summed E-state index contributed by atoms with van der Waals surface area (Å²) in [6.07, 6.45) is 2.84. The standard InChI is InChI=1S/C21H24ClFO3S/c1-27-18(11-24)9-17(25)10-21-19-7-14(20(22)8-15(19)12-26-21)6-13-2-4-16(23)5-3-13/h2-5,7-8,17-18,21,24-25H,6,9-12H2,1H3/t17?,18?,21-/m0/s1. The molecule has 27 heavy (non-hydrogen) atoms. The molecular weight excluding hydrogens is 387 g/mol. The van der Waals surface area contributed by atoms with Gasteiger partial charge in [-0.15, -0.1) is 0 Å². The average molecular weight is 411 g/mol. The number of hydrogen-bond donors (Lipinski definition) is 2. The molecule has 1 heterocycles. The molecule has 0 bridgehead atoms. The number of halogens is 2. The normalized spacial score (nSPS) is 18.3.